The van der Waals surface area contributed by atoms with Gasteiger partial charge in [-0.05, 0) is 26.8 Å². The second-order valence-corrected chi connectivity index (χ2v) is 4.82. The Morgan fingerprint density at radius 1 is 1.47 bits per heavy atom. The van der Waals surface area contributed by atoms with E-state index in [1.54, 1.807) is 0 Å². The minimum absolute atomic E-state index is 0.0109. The van der Waals surface area contributed by atoms with E-state index in [-0.39, 0.29) is 30.5 Å². The van der Waals surface area contributed by atoms with Gasteiger partial charge in [-0.3, -0.25) is 4.79 Å². The highest BCUT2D eigenvalue weighted by atomic mass is 16.8. The fourth-order valence-electron chi connectivity index (χ4n) is 2.21. The quantitative estimate of drug-likeness (QED) is 0.733. The second kappa shape index (κ2) is 5.80. The minimum Gasteiger partial charge on any atom is -0.469 e. The van der Waals surface area contributed by atoms with E-state index in [0.717, 1.165) is 6.42 Å². The highest BCUT2D eigenvalue weighted by molar-refractivity contribution is 5.69. The highest BCUT2D eigenvalue weighted by Gasteiger charge is 2.44. The number of hydrogen-bond acceptors (Lipinski definition) is 5. The largest absolute Gasteiger partial charge is 0.469 e. The molecule has 0 saturated carbocycles. The lowest BCUT2D eigenvalue weighted by Crippen LogP contribution is -2.37. The average molecular weight is 245 g/mol. The zero-order chi connectivity index (χ0) is 13.1. The van der Waals surface area contributed by atoms with Crippen molar-refractivity contribution in [3.63, 3.8) is 0 Å². The molecule has 0 amide bonds. The summed E-state index contributed by atoms with van der Waals surface area (Å²) in [6, 6.07) is 0. The molecule has 17 heavy (non-hydrogen) atoms. The third-order valence-corrected chi connectivity index (χ3v) is 3.05. The molecule has 0 aromatic rings. The van der Waals surface area contributed by atoms with E-state index >= 15 is 0 Å². The maximum atomic E-state index is 11.3. The Morgan fingerprint density at radius 2 is 2.12 bits per heavy atom. The van der Waals surface area contributed by atoms with Crippen LogP contribution in [0.3, 0.4) is 0 Å². The van der Waals surface area contributed by atoms with E-state index in [4.69, 9.17) is 15.2 Å². The minimum atomic E-state index is -0.602. The van der Waals surface area contributed by atoms with Crippen LogP contribution in [0.15, 0.2) is 0 Å². The first kappa shape index (κ1) is 14.4. The summed E-state index contributed by atoms with van der Waals surface area (Å²) >= 11 is 0. The number of ether oxygens (including phenoxy) is 3. The van der Waals surface area contributed by atoms with Crippen molar-refractivity contribution in [2.45, 2.75) is 51.6 Å². The number of nitrogens with two attached hydrogens (primary N) is 1. The number of carbonyl (C=O) groups excluding carboxylic acids is 1. The molecule has 1 aliphatic heterocycles. The Bertz CT molecular complexity index is 267. The number of carbonyl (C=O) groups is 1. The Kier molecular flexibility index (Phi) is 4.91. The van der Waals surface area contributed by atoms with Crippen molar-refractivity contribution in [1.82, 2.24) is 0 Å². The SMILES string of the molecule is CC[C@H]1OC(C)(C)O[C@@H]1[C@@H](CN)CC(=O)OC. The molecule has 100 valence electrons. The third-order valence-electron chi connectivity index (χ3n) is 3.05. The number of rotatable bonds is 5. The summed E-state index contributed by atoms with van der Waals surface area (Å²) in [5.41, 5.74) is 5.72. The van der Waals surface area contributed by atoms with Gasteiger partial charge in [0.15, 0.2) is 5.79 Å². The van der Waals surface area contributed by atoms with Crippen LogP contribution in [-0.2, 0) is 19.0 Å². The van der Waals surface area contributed by atoms with E-state index < -0.39 is 5.79 Å². The smallest absolute Gasteiger partial charge is 0.305 e. The van der Waals surface area contributed by atoms with Crippen LogP contribution in [0.5, 0.6) is 0 Å². The molecule has 0 aromatic heterocycles. The van der Waals surface area contributed by atoms with Crippen molar-refractivity contribution < 1.29 is 19.0 Å². The molecule has 5 heteroatoms. The Balaban J connectivity index is 2.70. The summed E-state index contributed by atoms with van der Waals surface area (Å²) in [7, 11) is 1.38. The van der Waals surface area contributed by atoms with Crippen LogP contribution in [-0.4, -0.2) is 37.6 Å². The van der Waals surface area contributed by atoms with Crippen LogP contribution in [0.25, 0.3) is 0 Å². The van der Waals surface area contributed by atoms with Crippen LogP contribution in [0.4, 0.5) is 0 Å². The lowest BCUT2D eigenvalue weighted by Gasteiger charge is -2.24. The summed E-state index contributed by atoms with van der Waals surface area (Å²) in [4.78, 5) is 11.3. The van der Waals surface area contributed by atoms with E-state index in [9.17, 15) is 4.79 Å². The molecule has 0 unspecified atom stereocenters. The van der Waals surface area contributed by atoms with Crippen LogP contribution >= 0.6 is 0 Å². The van der Waals surface area contributed by atoms with Gasteiger partial charge in [-0.2, -0.15) is 0 Å². The van der Waals surface area contributed by atoms with Crippen LogP contribution < -0.4 is 5.73 Å². The Labute approximate surface area is 103 Å². The monoisotopic (exact) mass is 245 g/mol. The van der Waals surface area contributed by atoms with Gasteiger partial charge in [-0.25, -0.2) is 0 Å². The molecular formula is C12H23NO4. The molecule has 3 atom stereocenters. The third kappa shape index (κ3) is 3.66. The van der Waals surface area contributed by atoms with Gasteiger partial charge >= 0.3 is 5.97 Å². The van der Waals surface area contributed by atoms with Crippen molar-refractivity contribution in [3.8, 4) is 0 Å². The van der Waals surface area contributed by atoms with Crippen LogP contribution in [0.2, 0.25) is 0 Å². The van der Waals surface area contributed by atoms with E-state index in [0.29, 0.717) is 6.54 Å². The Morgan fingerprint density at radius 3 is 2.59 bits per heavy atom. The lowest BCUT2D eigenvalue weighted by atomic mass is 9.93. The topological polar surface area (TPSA) is 70.8 Å². The Hall–Kier alpha value is -0.650. The van der Waals surface area contributed by atoms with Crippen molar-refractivity contribution in [2.75, 3.05) is 13.7 Å². The summed E-state index contributed by atoms with van der Waals surface area (Å²) < 4.78 is 16.3. The van der Waals surface area contributed by atoms with E-state index in [1.807, 2.05) is 20.8 Å². The van der Waals surface area contributed by atoms with Gasteiger partial charge in [-0.15, -0.1) is 0 Å². The fourth-order valence-corrected chi connectivity index (χ4v) is 2.21. The molecule has 0 radical (unpaired) electrons. The van der Waals surface area contributed by atoms with Crippen LogP contribution in [0, 0.1) is 5.92 Å². The lowest BCUT2D eigenvalue weighted by molar-refractivity contribution is -0.154. The van der Waals surface area contributed by atoms with Gasteiger partial charge in [0.1, 0.15) is 0 Å². The highest BCUT2D eigenvalue weighted by Crippen LogP contribution is 2.34. The van der Waals surface area contributed by atoms with Gasteiger partial charge < -0.3 is 19.9 Å². The van der Waals surface area contributed by atoms with Gasteiger partial charge in [0.05, 0.1) is 25.7 Å². The standard InChI is InChI=1S/C12H23NO4/c1-5-9-11(17-12(2,3)16-9)8(7-13)6-10(14)15-4/h8-9,11H,5-7,13H2,1-4H3/t8-,9-,11-/m1/s1. The summed E-state index contributed by atoms with van der Waals surface area (Å²) in [5, 5.41) is 0. The van der Waals surface area contributed by atoms with Crippen molar-refractivity contribution >= 4 is 5.97 Å². The van der Waals surface area contributed by atoms with Crippen molar-refractivity contribution in [2.24, 2.45) is 11.7 Å². The van der Waals surface area contributed by atoms with Gasteiger partial charge in [-0.1, -0.05) is 6.92 Å². The zero-order valence-corrected chi connectivity index (χ0v) is 11.1. The van der Waals surface area contributed by atoms with Crippen molar-refractivity contribution in [3.05, 3.63) is 0 Å². The maximum absolute atomic E-state index is 11.3. The molecule has 1 fully saturated rings. The molecule has 1 rings (SSSR count). The van der Waals surface area contributed by atoms with Crippen molar-refractivity contribution in [1.29, 1.82) is 0 Å². The summed E-state index contributed by atoms with van der Waals surface area (Å²) in [6.07, 6.45) is 0.960. The zero-order valence-electron chi connectivity index (χ0n) is 11.1. The molecule has 0 aromatic carbocycles. The first-order valence-corrected chi connectivity index (χ1v) is 6.06. The maximum Gasteiger partial charge on any atom is 0.305 e. The molecule has 0 spiro atoms. The van der Waals surface area contributed by atoms with Gasteiger partial charge in [0.25, 0.3) is 0 Å². The predicted octanol–water partition coefficient (Wildman–Crippen LogP) is 1.05. The van der Waals surface area contributed by atoms with E-state index in [1.165, 1.54) is 7.11 Å². The normalized spacial score (nSPS) is 29.0. The molecular weight excluding hydrogens is 222 g/mol. The fraction of sp³-hybridized carbons (Fsp3) is 0.917. The van der Waals surface area contributed by atoms with Crippen LogP contribution in [0.1, 0.15) is 33.6 Å². The predicted molar refractivity (Wildman–Crippen MR) is 63.3 cm³/mol. The number of hydrogen-bond donors (Lipinski definition) is 1. The van der Waals surface area contributed by atoms with E-state index in [2.05, 4.69) is 4.74 Å². The number of esters is 1. The van der Waals surface area contributed by atoms with Gasteiger partial charge in [0, 0.05) is 5.92 Å². The molecule has 1 saturated heterocycles. The first-order valence-electron chi connectivity index (χ1n) is 6.06. The molecule has 2 N–H and O–H groups in total. The number of methoxy groups -OCH3 is 1. The molecule has 0 bridgehead atoms. The second-order valence-electron chi connectivity index (χ2n) is 4.82. The van der Waals surface area contributed by atoms with Gasteiger partial charge in [0.2, 0.25) is 0 Å². The molecule has 1 heterocycles. The molecule has 5 nitrogen and oxygen atoms in total. The molecule has 1 aliphatic rings. The summed E-state index contributed by atoms with van der Waals surface area (Å²) in [5.74, 6) is -0.924. The molecule has 0 aliphatic carbocycles. The summed E-state index contributed by atoms with van der Waals surface area (Å²) in [6.45, 7) is 6.17. The average Bonchev–Trinajstić information content (AvgIpc) is 2.60. The first-order chi connectivity index (χ1) is 7.93.